The van der Waals surface area contributed by atoms with Gasteiger partial charge in [0, 0.05) is 22.2 Å². The average Bonchev–Trinajstić information content (AvgIpc) is 3.17. The van der Waals surface area contributed by atoms with Gasteiger partial charge in [0.2, 0.25) is 0 Å². The SMILES string of the molecule is Cl.Clc1ccc(-c2ccc3c(C4=NCCN4)occ3c2)s1. The smallest absolute Gasteiger partial charge is 0.176 e. The highest BCUT2D eigenvalue weighted by Crippen LogP contribution is 2.33. The van der Waals surface area contributed by atoms with Crippen LogP contribution in [-0.4, -0.2) is 18.9 Å². The van der Waals surface area contributed by atoms with Gasteiger partial charge in [0.15, 0.2) is 11.6 Å². The van der Waals surface area contributed by atoms with Crippen LogP contribution in [0.2, 0.25) is 4.34 Å². The van der Waals surface area contributed by atoms with Crippen molar-refractivity contribution in [2.75, 3.05) is 13.1 Å². The number of nitrogens with one attached hydrogen (secondary N) is 1. The molecule has 4 rings (SSSR count). The van der Waals surface area contributed by atoms with Gasteiger partial charge in [-0.15, -0.1) is 23.7 Å². The topological polar surface area (TPSA) is 37.5 Å². The van der Waals surface area contributed by atoms with Crippen molar-refractivity contribution in [1.29, 1.82) is 0 Å². The summed E-state index contributed by atoms with van der Waals surface area (Å²) in [5, 5.41) is 5.41. The maximum absolute atomic E-state index is 5.99. The Balaban J connectivity index is 0.00000132. The molecule has 6 heteroatoms. The molecule has 0 aliphatic carbocycles. The molecule has 0 unspecified atom stereocenters. The van der Waals surface area contributed by atoms with Crippen LogP contribution in [0.1, 0.15) is 5.76 Å². The highest BCUT2D eigenvalue weighted by atomic mass is 35.5. The van der Waals surface area contributed by atoms with E-state index < -0.39 is 0 Å². The van der Waals surface area contributed by atoms with Crippen LogP contribution >= 0.6 is 35.3 Å². The van der Waals surface area contributed by atoms with E-state index in [4.69, 9.17) is 16.0 Å². The predicted octanol–water partition coefficient (Wildman–Crippen LogP) is 4.59. The van der Waals surface area contributed by atoms with E-state index in [0.29, 0.717) is 0 Å². The first-order chi connectivity index (χ1) is 9.81. The average molecular weight is 339 g/mol. The first kappa shape index (κ1) is 14.4. The van der Waals surface area contributed by atoms with E-state index in [0.717, 1.165) is 50.2 Å². The van der Waals surface area contributed by atoms with Gasteiger partial charge in [0.05, 0.1) is 17.1 Å². The van der Waals surface area contributed by atoms with Crippen LogP contribution < -0.4 is 5.32 Å². The van der Waals surface area contributed by atoms with Crippen LogP contribution in [-0.2, 0) is 0 Å². The molecule has 0 fully saturated rings. The Bertz CT molecular complexity index is 822. The Morgan fingerprint density at radius 3 is 2.86 bits per heavy atom. The largest absolute Gasteiger partial charge is 0.460 e. The summed E-state index contributed by atoms with van der Waals surface area (Å²) in [5.74, 6) is 1.68. The molecule has 0 saturated heterocycles. The van der Waals surface area contributed by atoms with Crippen molar-refractivity contribution in [3.63, 3.8) is 0 Å². The molecular weight excluding hydrogens is 327 g/mol. The molecule has 1 aliphatic heterocycles. The predicted molar refractivity (Wildman–Crippen MR) is 91.2 cm³/mol. The van der Waals surface area contributed by atoms with Gasteiger partial charge in [0.25, 0.3) is 0 Å². The number of furan rings is 1. The third kappa shape index (κ3) is 2.55. The molecule has 0 bridgehead atoms. The van der Waals surface area contributed by atoms with Crippen molar-refractivity contribution in [2.24, 2.45) is 4.99 Å². The van der Waals surface area contributed by atoms with E-state index >= 15 is 0 Å². The Morgan fingerprint density at radius 2 is 2.14 bits per heavy atom. The maximum atomic E-state index is 5.99. The molecular formula is C15H12Cl2N2OS. The number of thiophene rings is 1. The Morgan fingerprint density at radius 1 is 1.24 bits per heavy atom. The first-order valence-corrected chi connectivity index (χ1v) is 7.56. The molecule has 0 amide bonds. The Hall–Kier alpha value is -1.49. The molecule has 3 aromatic rings. The van der Waals surface area contributed by atoms with E-state index in [-0.39, 0.29) is 12.4 Å². The van der Waals surface area contributed by atoms with Crippen LogP contribution in [0, 0.1) is 0 Å². The first-order valence-electron chi connectivity index (χ1n) is 6.37. The quantitative estimate of drug-likeness (QED) is 0.742. The lowest BCUT2D eigenvalue weighted by atomic mass is 10.1. The number of halogens is 2. The highest BCUT2D eigenvalue weighted by Gasteiger charge is 2.16. The van der Waals surface area contributed by atoms with Crippen LogP contribution in [0.3, 0.4) is 0 Å². The van der Waals surface area contributed by atoms with Gasteiger partial charge < -0.3 is 9.73 Å². The molecule has 3 heterocycles. The van der Waals surface area contributed by atoms with Crippen molar-refractivity contribution in [3.8, 4) is 10.4 Å². The summed E-state index contributed by atoms with van der Waals surface area (Å²) in [6.45, 7) is 1.69. The molecule has 0 radical (unpaired) electrons. The molecule has 1 N–H and O–H groups in total. The number of amidine groups is 1. The maximum Gasteiger partial charge on any atom is 0.176 e. The fraction of sp³-hybridized carbons (Fsp3) is 0.133. The molecule has 1 aromatic carbocycles. The number of hydrogen-bond acceptors (Lipinski definition) is 4. The van der Waals surface area contributed by atoms with Crippen LogP contribution in [0.15, 0.2) is 46.0 Å². The van der Waals surface area contributed by atoms with Gasteiger partial charge in [-0.05, 0) is 29.8 Å². The minimum atomic E-state index is 0. The molecule has 21 heavy (non-hydrogen) atoms. The lowest BCUT2D eigenvalue weighted by molar-refractivity contribution is 0.560. The van der Waals surface area contributed by atoms with Gasteiger partial charge >= 0.3 is 0 Å². The summed E-state index contributed by atoms with van der Waals surface area (Å²) in [6, 6.07) is 10.3. The number of fused-ring (bicyclic) bond motifs is 1. The number of rotatable bonds is 2. The summed E-state index contributed by atoms with van der Waals surface area (Å²) in [5.41, 5.74) is 1.16. The van der Waals surface area contributed by atoms with Crippen LogP contribution in [0.4, 0.5) is 0 Å². The van der Waals surface area contributed by atoms with Gasteiger partial charge in [0.1, 0.15) is 0 Å². The summed E-state index contributed by atoms with van der Waals surface area (Å²) in [4.78, 5) is 5.57. The lowest BCUT2D eigenvalue weighted by Crippen LogP contribution is -2.18. The molecule has 0 atom stereocenters. The molecule has 2 aromatic heterocycles. The van der Waals surface area contributed by atoms with Crippen molar-refractivity contribution >= 4 is 52.0 Å². The second kappa shape index (κ2) is 5.72. The van der Waals surface area contributed by atoms with E-state index in [2.05, 4.69) is 28.5 Å². The molecule has 0 spiro atoms. The Labute approximate surface area is 137 Å². The van der Waals surface area contributed by atoms with Crippen molar-refractivity contribution in [2.45, 2.75) is 0 Å². The third-order valence-electron chi connectivity index (χ3n) is 3.35. The van der Waals surface area contributed by atoms with Gasteiger partial charge in [-0.1, -0.05) is 17.7 Å². The van der Waals surface area contributed by atoms with E-state index in [1.165, 1.54) is 0 Å². The fourth-order valence-corrected chi connectivity index (χ4v) is 3.45. The second-order valence-corrected chi connectivity index (χ2v) is 6.34. The second-order valence-electron chi connectivity index (χ2n) is 4.63. The standard InChI is InChI=1S/C15H11ClN2OS.ClH/c16-13-4-3-12(20-13)9-1-2-11-10(7-9)8-19-14(11)15-17-5-6-18-15;/h1-4,7-8H,5-6H2,(H,17,18);1H. The Kier molecular flexibility index (Phi) is 3.93. The summed E-state index contributed by atoms with van der Waals surface area (Å²) in [6.07, 6.45) is 1.78. The monoisotopic (exact) mass is 338 g/mol. The molecule has 0 saturated carbocycles. The number of aliphatic imine (C=N–C) groups is 1. The summed E-state index contributed by atoms with van der Waals surface area (Å²) in [7, 11) is 0. The van der Waals surface area contributed by atoms with Gasteiger partial charge in [-0.2, -0.15) is 0 Å². The molecule has 108 valence electrons. The zero-order valence-corrected chi connectivity index (χ0v) is 13.3. The number of nitrogens with zero attached hydrogens (tertiary/aromatic N) is 1. The molecule has 3 nitrogen and oxygen atoms in total. The molecule has 1 aliphatic rings. The normalized spacial score (nSPS) is 13.9. The summed E-state index contributed by atoms with van der Waals surface area (Å²) < 4.78 is 6.48. The van der Waals surface area contributed by atoms with E-state index in [1.807, 2.05) is 12.1 Å². The van der Waals surface area contributed by atoms with Crippen molar-refractivity contribution in [1.82, 2.24) is 5.32 Å². The summed E-state index contributed by atoms with van der Waals surface area (Å²) >= 11 is 7.57. The van der Waals surface area contributed by atoms with E-state index in [1.54, 1.807) is 17.6 Å². The van der Waals surface area contributed by atoms with E-state index in [9.17, 15) is 0 Å². The minimum absolute atomic E-state index is 0. The van der Waals surface area contributed by atoms with Crippen molar-refractivity contribution < 1.29 is 4.42 Å². The lowest BCUT2D eigenvalue weighted by Gasteiger charge is -2.00. The van der Waals surface area contributed by atoms with Gasteiger partial charge in [-0.25, -0.2) is 0 Å². The van der Waals surface area contributed by atoms with Crippen LogP contribution in [0.25, 0.3) is 21.2 Å². The highest BCUT2D eigenvalue weighted by molar-refractivity contribution is 7.19. The zero-order chi connectivity index (χ0) is 13.5. The minimum Gasteiger partial charge on any atom is -0.460 e. The number of benzene rings is 1. The van der Waals surface area contributed by atoms with Crippen LogP contribution in [0.5, 0.6) is 0 Å². The third-order valence-corrected chi connectivity index (χ3v) is 4.63. The fourth-order valence-electron chi connectivity index (χ4n) is 2.41. The van der Waals surface area contributed by atoms with Gasteiger partial charge in [-0.3, -0.25) is 4.99 Å². The number of hydrogen-bond donors (Lipinski definition) is 1. The van der Waals surface area contributed by atoms with Crippen molar-refractivity contribution in [3.05, 3.63) is 46.7 Å². The zero-order valence-electron chi connectivity index (χ0n) is 10.9.